The quantitative estimate of drug-likeness (QED) is 0.669. The van der Waals surface area contributed by atoms with Gasteiger partial charge in [-0.25, -0.2) is 9.78 Å². The fraction of sp³-hybridized carbons (Fsp3) is 0.158. The molecule has 2 heterocycles. The number of benzene rings is 1. The summed E-state index contributed by atoms with van der Waals surface area (Å²) in [6.45, 7) is 0. The van der Waals surface area contributed by atoms with Crippen LogP contribution in [0.1, 0.15) is 26.6 Å². The molecule has 1 aromatic carbocycles. The number of amides is 1. The molecule has 0 saturated carbocycles. The molecule has 0 aliphatic rings. The molecule has 3 rings (SSSR count). The highest BCUT2D eigenvalue weighted by Gasteiger charge is 2.22. The van der Waals surface area contributed by atoms with E-state index < -0.39 is 17.9 Å². The van der Waals surface area contributed by atoms with Crippen LogP contribution in [0.3, 0.4) is 0 Å². The summed E-state index contributed by atoms with van der Waals surface area (Å²) in [5, 5.41) is 14.4. The second-order valence-electron chi connectivity index (χ2n) is 5.71. The molecular formula is C19H17N3O3S. The number of carbonyl (C=O) groups excluding carboxylic acids is 1. The van der Waals surface area contributed by atoms with Crippen molar-refractivity contribution in [1.29, 1.82) is 0 Å². The van der Waals surface area contributed by atoms with Gasteiger partial charge in [-0.15, -0.1) is 11.3 Å². The molecule has 1 atom stereocenters. The van der Waals surface area contributed by atoms with Crippen LogP contribution >= 0.6 is 11.3 Å². The summed E-state index contributed by atoms with van der Waals surface area (Å²) >= 11 is 1.38. The van der Waals surface area contributed by atoms with E-state index in [2.05, 4.69) is 15.3 Å². The summed E-state index contributed by atoms with van der Waals surface area (Å²) in [7, 11) is 0. The molecule has 7 heteroatoms. The van der Waals surface area contributed by atoms with Crippen molar-refractivity contribution in [3.8, 4) is 0 Å². The van der Waals surface area contributed by atoms with Crippen LogP contribution in [0.4, 0.5) is 0 Å². The van der Waals surface area contributed by atoms with Gasteiger partial charge in [-0.1, -0.05) is 30.3 Å². The summed E-state index contributed by atoms with van der Waals surface area (Å²) in [6.07, 6.45) is 4.00. The lowest BCUT2D eigenvalue weighted by molar-refractivity contribution is -0.139. The molecule has 2 N–H and O–H groups in total. The third-order valence-corrected chi connectivity index (χ3v) is 4.62. The van der Waals surface area contributed by atoms with Crippen molar-refractivity contribution in [2.24, 2.45) is 0 Å². The number of carbonyl (C=O) groups is 2. The van der Waals surface area contributed by atoms with E-state index in [-0.39, 0.29) is 12.1 Å². The molecular weight excluding hydrogens is 350 g/mol. The zero-order valence-corrected chi connectivity index (χ0v) is 14.6. The van der Waals surface area contributed by atoms with Crippen LogP contribution in [-0.2, 0) is 17.6 Å². The Morgan fingerprint density at radius 2 is 1.81 bits per heavy atom. The molecule has 2 aromatic heterocycles. The topological polar surface area (TPSA) is 92.2 Å². The maximum atomic E-state index is 12.4. The minimum Gasteiger partial charge on any atom is -0.480 e. The number of aliphatic carboxylic acids is 1. The lowest BCUT2D eigenvalue weighted by atomic mass is 10.1. The fourth-order valence-corrected chi connectivity index (χ4v) is 3.26. The van der Waals surface area contributed by atoms with Crippen LogP contribution in [0.25, 0.3) is 0 Å². The Morgan fingerprint density at radius 3 is 2.50 bits per heavy atom. The number of carboxylic acid groups (broad SMARTS) is 1. The third-order valence-electron chi connectivity index (χ3n) is 3.78. The predicted octanol–water partition coefficient (Wildman–Crippen LogP) is 2.55. The molecule has 132 valence electrons. The Hall–Kier alpha value is -3.06. The van der Waals surface area contributed by atoms with Crippen LogP contribution < -0.4 is 5.32 Å². The SMILES string of the molecule is O=C(N[C@H](Cc1ccncc1)C(=O)O)c1csc(Cc2ccccc2)n1. The molecule has 0 aliphatic heterocycles. The van der Waals surface area contributed by atoms with E-state index in [1.165, 1.54) is 11.3 Å². The number of thiazole rings is 1. The van der Waals surface area contributed by atoms with Crippen LogP contribution in [0.15, 0.2) is 60.2 Å². The predicted molar refractivity (Wildman–Crippen MR) is 98.2 cm³/mol. The van der Waals surface area contributed by atoms with Crippen molar-refractivity contribution in [3.05, 3.63) is 82.1 Å². The van der Waals surface area contributed by atoms with Crippen molar-refractivity contribution in [2.45, 2.75) is 18.9 Å². The standard InChI is InChI=1S/C19H17N3O3S/c23-18(22-15(19(24)25)10-14-6-8-20-9-7-14)16-12-26-17(21-16)11-13-4-2-1-3-5-13/h1-9,12,15H,10-11H2,(H,22,23)(H,24,25)/t15-/m1/s1. The second kappa shape index (κ2) is 8.35. The Morgan fingerprint density at radius 1 is 1.08 bits per heavy atom. The summed E-state index contributed by atoms with van der Waals surface area (Å²) < 4.78 is 0. The molecule has 0 spiro atoms. The van der Waals surface area contributed by atoms with Gasteiger partial charge in [0.25, 0.3) is 5.91 Å². The average Bonchev–Trinajstić information content (AvgIpc) is 3.11. The number of hydrogen-bond donors (Lipinski definition) is 2. The lowest BCUT2D eigenvalue weighted by Crippen LogP contribution is -2.42. The first kappa shape index (κ1) is 17.8. The van der Waals surface area contributed by atoms with Gasteiger partial charge in [0.15, 0.2) is 0 Å². The first-order valence-electron chi connectivity index (χ1n) is 8.02. The Balaban J connectivity index is 1.65. The van der Waals surface area contributed by atoms with Crippen molar-refractivity contribution < 1.29 is 14.7 Å². The normalized spacial score (nSPS) is 11.7. The van der Waals surface area contributed by atoms with Gasteiger partial charge in [0.1, 0.15) is 11.7 Å². The van der Waals surface area contributed by atoms with Crippen LogP contribution in [0.5, 0.6) is 0 Å². The van der Waals surface area contributed by atoms with Gasteiger partial charge < -0.3 is 10.4 Å². The van der Waals surface area contributed by atoms with Gasteiger partial charge in [0.2, 0.25) is 0 Å². The molecule has 6 nitrogen and oxygen atoms in total. The van der Waals surface area contributed by atoms with Crippen LogP contribution in [-0.4, -0.2) is 33.0 Å². The zero-order valence-electron chi connectivity index (χ0n) is 13.8. The molecule has 0 fully saturated rings. The molecule has 3 aromatic rings. The number of nitrogens with one attached hydrogen (secondary N) is 1. The smallest absolute Gasteiger partial charge is 0.326 e. The summed E-state index contributed by atoms with van der Waals surface area (Å²) in [5.41, 5.74) is 2.13. The third kappa shape index (κ3) is 4.73. The molecule has 1 amide bonds. The van der Waals surface area contributed by atoms with Gasteiger partial charge >= 0.3 is 5.97 Å². The Bertz CT molecular complexity index is 881. The molecule has 0 saturated heterocycles. The number of hydrogen-bond acceptors (Lipinski definition) is 5. The fourth-order valence-electron chi connectivity index (χ4n) is 2.45. The molecule has 0 aliphatic carbocycles. The van der Waals surface area contributed by atoms with Crippen molar-refractivity contribution in [1.82, 2.24) is 15.3 Å². The molecule has 0 unspecified atom stereocenters. The van der Waals surface area contributed by atoms with Crippen molar-refractivity contribution >= 4 is 23.2 Å². The zero-order chi connectivity index (χ0) is 18.4. The highest BCUT2D eigenvalue weighted by Crippen LogP contribution is 2.15. The van der Waals surface area contributed by atoms with E-state index in [1.54, 1.807) is 29.9 Å². The minimum absolute atomic E-state index is 0.185. The van der Waals surface area contributed by atoms with E-state index in [4.69, 9.17) is 0 Å². The second-order valence-corrected chi connectivity index (χ2v) is 6.66. The van der Waals surface area contributed by atoms with Crippen molar-refractivity contribution in [3.63, 3.8) is 0 Å². The first-order chi connectivity index (χ1) is 12.6. The number of carboxylic acids is 1. The van der Waals surface area contributed by atoms with Gasteiger partial charge in [0, 0.05) is 30.6 Å². The molecule has 26 heavy (non-hydrogen) atoms. The maximum absolute atomic E-state index is 12.4. The van der Waals surface area contributed by atoms with Gasteiger partial charge in [-0.3, -0.25) is 9.78 Å². The van der Waals surface area contributed by atoms with E-state index in [0.29, 0.717) is 6.42 Å². The Kier molecular flexibility index (Phi) is 5.70. The van der Waals surface area contributed by atoms with E-state index in [0.717, 1.165) is 16.1 Å². The highest BCUT2D eigenvalue weighted by molar-refractivity contribution is 7.09. The number of nitrogens with zero attached hydrogens (tertiary/aromatic N) is 2. The van der Waals surface area contributed by atoms with Crippen LogP contribution in [0.2, 0.25) is 0 Å². The molecule has 0 radical (unpaired) electrons. The number of rotatable bonds is 7. The number of aromatic nitrogens is 2. The Labute approximate surface area is 154 Å². The first-order valence-corrected chi connectivity index (χ1v) is 8.90. The van der Waals surface area contributed by atoms with Gasteiger partial charge in [-0.05, 0) is 23.3 Å². The largest absolute Gasteiger partial charge is 0.480 e. The summed E-state index contributed by atoms with van der Waals surface area (Å²) in [4.78, 5) is 32.1. The average molecular weight is 367 g/mol. The summed E-state index contributed by atoms with van der Waals surface area (Å²) in [6, 6.07) is 12.3. The van der Waals surface area contributed by atoms with Gasteiger partial charge in [-0.2, -0.15) is 0 Å². The lowest BCUT2D eigenvalue weighted by Gasteiger charge is -2.13. The summed E-state index contributed by atoms with van der Waals surface area (Å²) in [5.74, 6) is -1.57. The monoisotopic (exact) mass is 367 g/mol. The van der Waals surface area contributed by atoms with Gasteiger partial charge in [0.05, 0.1) is 5.01 Å². The van der Waals surface area contributed by atoms with Crippen LogP contribution in [0, 0.1) is 0 Å². The van der Waals surface area contributed by atoms with Crippen molar-refractivity contribution in [2.75, 3.05) is 0 Å². The number of pyridine rings is 1. The van der Waals surface area contributed by atoms with E-state index >= 15 is 0 Å². The molecule has 0 bridgehead atoms. The maximum Gasteiger partial charge on any atom is 0.326 e. The highest BCUT2D eigenvalue weighted by atomic mass is 32.1. The minimum atomic E-state index is -1.09. The van der Waals surface area contributed by atoms with E-state index in [9.17, 15) is 14.7 Å². The van der Waals surface area contributed by atoms with E-state index in [1.807, 2.05) is 30.3 Å².